The molecule has 2 aromatic heterocycles. The molecule has 3 aromatic rings. The van der Waals surface area contributed by atoms with Gasteiger partial charge in [0.2, 0.25) is 0 Å². The Kier molecular flexibility index (Phi) is 8.60. The summed E-state index contributed by atoms with van der Waals surface area (Å²) in [7, 11) is 0. The number of hydrogen-bond donors (Lipinski definition) is 5. The Bertz CT molecular complexity index is 1130. The van der Waals surface area contributed by atoms with Crippen molar-refractivity contribution in [1.82, 2.24) is 9.97 Å². The van der Waals surface area contributed by atoms with E-state index in [2.05, 4.69) is 27.4 Å². The van der Waals surface area contributed by atoms with E-state index in [9.17, 15) is 4.79 Å². The van der Waals surface area contributed by atoms with E-state index in [0.717, 1.165) is 60.0 Å². The first-order valence-electron chi connectivity index (χ1n) is 11.1. The van der Waals surface area contributed by atoms with Crippen LogP contribution in [-0.4, -0.2) is 39.5 Å². The van der Waals surface area contributed by atoms with Gasteiger partial charge in [-0.25, -0.2) is 4.98 Å². The number of carboxylic acids is 1. The van der Waals surface area contributed by atoms with Gasteiger partial charge in [-0.2, -0.15) is 0 Å². The van der Waals surface area contributed by atoms with Crippen LogP contribution in [0.4, 0.5) is 5.82 Å². The van der Waals surface area contributed by atoms with Crippen molar-refractivity contribution >= 4 is 34.6 Å². The van der Waals surface area contributed by atoms with Crippen LogP contribution in [0.1, 0.15) is 48.5 Å². The molecule has 0 aliphatic carbocycles. The van der Waals surface area contributed by atoms with E-state index < -0.39 is 12.0 Å². The highest BCUT2D eigenvalue weighted by Crippen LogP contribution is 2.20. The molecule has 0 saturated heterocycles. The van der Waals surface area contributed by atoms with Gasteiger partial charge >= 0.3 is 5.97 Å². The molecule has 1 aliphatic heterocycles. The summed E-state index contributed by atoms with van der Waals surface area (Å²) < 4.78 is 0. The fourth-order valence-electron chi connectivity index (χ4n) is 3.64. The number of nitrogens with one attached hydrogen (secondary N) is 3. The quantitative estimate of drug-likeness (QED) is 0.328. The molecule has 33 heavy (non-hydrogen) atoms. The average Bonchev–Trinajstić information content (AvgIpc) is 2.83. The van der Waals surface area contributed by atoms with Crippen molar-refractivity contribution in [3.05, 3.63) is 65.5 Å². The molecule has 3 heterocycles. The zero-order chi connectivity index (χ0) is 23.6. The number of anilines is 1. The summed E-state index contributed by atoms with van der Waals surface area (Å²) in [5.41, 5.74) is 10.2. The highest BCUT2D eigenvalue weighted by Gasteiger charge is 2.11. The Morgan fingerprint density at radius 3 is 2.88 bits per heavy atom. The number of benzene rings is 1. The molecule has 0 amide bonds. The molecule has 172 valence electrons. The number of carbonyl (C=O) groups is 1. The Balaban J connectivity index is 0.000000186. The minimum atomic E-state index is -0.902. The van der Waals surface area contributed by atoms with Gasteiger partial charge in [-0.15, -0.1) is 0 Å². The summed E-state index contributed by atoms with van der Waals surface area (Å²) >= 11 is 0. The van der Waals surface area contributed by atoms with Gasteiger partial charge in [0.05, 0.1) is 11.9 Å². The largest absolute Gasteiger partial charge is 0.481 e. The van der Waals surface area contributed by atoms with Crippen LogP contribution in [0.5, 0.6) is 0 Å². The lowest BCUT2D eigenvalue weighted by molar-refractivity contribution is -0.137. The van der Waals surface area contributed by atoms with Crippen LogP contribution in [-0.2, 0) is 17.6 Å². The SMILES string of the molecule is N=CC(=N)CCCc1ccc2c(n1)NCCC2.NC(CC(=O)O)c1cnc2ccccc2c1. The molecule has 4 rings (SSSR count). The van der Waals surface area contributed by atoms with E-state index in [1.807, 2.05) is 30.3 Å². The summed E-state index contributed by atoms with van der Waals surface area (Å²) in [6.45, 7) is 1.02. The zero-order valence-corrected chi connectivity index (χ0v) is 18.6. The number of fused-ring (bicyclic) bond motifs is 2. The smallest absolute Gasteiger partial charge is 0.305 e. The molecule has 0 spiro atoms. The number of hydrogen-bond acceptors (Lipinski definition) is 7. The number of aryl methyl sites for hydroxylation is 2. The fraction of sp³-hybridized carbons (Fsp3) is 0.320. The Hall–Kier alpha value is -3.65. The third kappa shape index (κ3) is 7.18. The monoisotopic (exact) mass is 446 g/mol. The predicted molar refractivity (Wildman–Crippen MR) is 131 cm³/mol. The van der Waals surface area contributed by atoms with E-state index in [1.165, 1.54) is 12.0 Å². The first kappa shape index (κ1) is 24.0. The van der Waals surface area contributed by atoms with Gasteiger partial charge in [-0.1, -0.05) is 24.3 Å². The number of aromatic nitrogens is 2. The highest BCUT2D eigenvalue weighted by atomic mass is 16.4. The second-order valence-electron chi connectivity index (χ2n) is 8.03. The molecule has 1 aromatic carbocycles. The molecule has 0 bridgehead atoms. The molecule has 1 aliphatic rings. The van der Waals surface area contributed by atoms with E-state index in [4.69, 9.17) is 21.7 Å². The number of pyridine rings is 2. The Labute approximate surface area is 193 Å². The van der Waals surface area contributed by atoms with Crippen molar-refractivity contribution in [2.24, 2.45) is 5.73 Å². The van der Waals surface area contributed by atoms with Crippen LogP contribution in [0.2, 0.25) is 0 Å². The minimum Gasteiger partial charge on any atom is -0.481 e. The number of aliphatic carboxylic acids is 1. The van der Waals surface area contributed by atoms with E-state index in [0.29, 0.717) is 12.1 Å². The minimum absolute atomic E-state index is 0.0833. The summed E-state index contributed by atoms with van der Waals surface area (Å²) in [5.74, 6) is 0.136. The van der Waals surface area contributed by atoms with Crippen molar-refractivity contribution in [3.8, 4) is 0 Å². The van der Waals surface area contributed by atoms with Crippen molar-refractivity contribution in [1.29, 1.82) is 10.8 Å². The fourth-order valence-corrected chi connectivity index (χ4v) is 3.64. The normalized spacial score (nSPS) is 13.1. The van der Waals surface area contributed by atoms with E-state index in [1.54, 1.807) is 6.20 Å². The van der Waals surface area contributed by atoms with Crippen LogP contribution in [0.25, 0.3) is 10.9 Å². The third-order valence-corrected chi connectivity index (χ3v) is 5.44. The standard InChI is InChI=1S/C13H18N4.C12H12N2O2/c14-9-11(15)4-1-5-12-7-6-10-3-2-8-16-13(10)17-12;13-10(6-12(15)16)9-5-8-3-1-2-4-11(8)14-7-9/h6-7,9,14-15H,1-5,8H2,(H,16,17);1-5,7,10H,6,13H2,(H,15,16). The molecule has 0 saturated carbocycles. The number of nitrogens with two attached hydrogens (primary N) is 1. The first-order chi connectivity index (χ1) is 16.0. The highest BCUT2D eigenvalue weighted by molar-refractivity contribution is 6.27. The first-order valence-corrected chi connectivity index (χ1v) is 11.1. The van der Waals surface area contributed by atoms with Gasteiger partial charge < -0.3 is 27.0 Å². The van der Waals surface area contributed by atoms with Crippen molar-refractivity contribution in [2.75, 3.05) is 11.9 Å². The van der Waals surface area contributed by atoms with Crippen molar-refractivity contribution in [2.45, 2.75) is 44.6 Å². The van der Waals surface area contributed by atoms with Gasteiger partial charge in [0.15, 0.2) is 0 Å². The van der Waals surface area contributed by atoms with E-state index >= 15 is 0 Å². The molecule has 8 heteroatoms. The summed E-state index contributed by atoms with van der Waals surface area (Å²) in [5, 5.41) is 27.3. The lowest BCUT2D eigenvalue weighted by atomic mass is 10.0. The lowest BCUT2D eigenvalue weighted by Gasteiger charge is -2.17. The van der Waals surface area contributed by atoms with Crippen molar-refractivity contribution in [3.63, 3.8) is 0 Å². The zero-order valence-electron chi connectivity index (χ0n) is 18.6. The van der Waals surface area contributed by atoms with Crippen LogP contribution in [0.15, 0.2) is 48.7 Å². The molecule has 1 atom stereocenters. The maximum absolute atomic E-state index is 10.5. The molecule has 8 nitrogen and oxygen atoms in total. The van der Waals surface area contributed by atoms with Gasteiger partial charge in [0, 0.05) is 41.8 Å². The van der Waals surface area contributed by atoms with Crippen LogP contribution >= 0.6 is 0 Å². The summed E-state index contributed by atoms with van der Waals surface area (Å²) in [6.07, 6.45) is 7.40. The number of rotatable bonds is 8. The van der Waals surface area contributed by atoms with Crippen molar-refractivity contribution < 1.29 is 9.90 Å². The number of para-hydroxylation sites is 1. The van der Waals surface area contributed by atoms with Gasteiger partial charge in [-0.3, -0.25) is 9.78 Å². The summed E-state index contributed by atoms with van der Waals surface area (Å²) in [4.78, 5) is 19.4. The molecule has 0 fully saturated rings. The third-order valence-electron chi connectivity index (χ3n) is 5.44. The van der Waals surface area contributed by atoms with Gasteiger partial charge in [0.25, 0.3) is 0 Å². The summed E-state index contributed by atoms with van der Waals surface area (Å²) in [6, 6.07) is 13.3. The van der Waals surface area contributed by atoms with Gasteiger partial charge in [0.1, 0.15) is 5.82 Å². The Morgan fingerprint density at radius 2 is 2.09 bits per heavy atom. The Morgan fingerprint density at radius 1 is 1.27 bits per heavy atom. The molecular weight excluding hydrogens is 416 g/mol. The molecule has 6 N–H and O–H groups in total. The maximum Gasteiger partial charge on any atom is 0.305 e. The predicted octanol–water partition coefficient (Wildman–Crippen LogP) is 4.14. The second-order valence-corrected chi connectivity index (χ2v) is 8.03. The van der Waals surface area contributed by atoms with E-state index in [-0.39, 0.29) is 6.42 Å². The molecular formula is C25H30N6O2. The molecule has 1 unspecified atom stereocenters. The van der Waals surface area contributed by atoms with Crippen LogP contribution < -0.4 is 11.1 Å². The van der Waals surface area contributed by atoms with Gasteiger partial charge in [-0.05, 0) is 61.4 Å². The number of carboxylic acid groups (broad SMARTS) is 1. The maximum atomic E-state index is 10.5. The lowest BCUT2D eigenvalue weighted by Crippen LogP contribution is -2.15. The topological polar surface area (TPSA) is 149 Å². The second kappa shape index (κ2) is 11.8. The molecule has 0 radical (unpaired) electrons. The van der Waals surface area contributed by atoms with Crippen LogP contribution in [0.3, 0.4) is 0 Å². The number of nitrogens with zero attached hydrogens (tertiary/aromatic N) is 2. The van der Waals surface area contributed by atoms with Crippen LogP contribution in [0, 0.1) is 10.8 Å². The average molecular weight is 447 g/mol.